The zero-order valence-electron chi connectivity index (χ0n) is 13.4. The van der Waals surface area contributed by atoms with Crippen LogP contribution in [0.15, 0.2) is 0 Å². The van der Waals surface area contributed by atoms with Crippen LogP contribution >= 0.6 is 11.3 Å². The van der Waals surface area contributed by atoms with Crippen molar-refractivity contribution in [2.75, 3.05) is 18.5 Å². The molecule has 0 saturated heterocycles. The molecule has 0 unspecified atom stereocenters. The van der Waals surface area contributed by atoms with Gasteiger partial charge in [0.05, 0.1) is 10.6 Å². The fourth-order valence-electron chi connectivity index (χ4n) is 3.71. The van der Waals surface area contributed by atoms with Crippen molar-refractivity contribution >= 4 is 22.3 Å². The SMILES string of the molecule is CN(CC1CCCCC1)c1nc2c(s1)C(=O)CC(C)(C)C2. The molecule has 4 heteroatoms. The highest BCUT2D eigenvalue weighted by atomic mass is 32.1. The van der Waals surface area contributed by atoms with E-state index in [2.05, 4.69) is 25.8 Å². The average molecular weight is 306 g/mol. The third kappa shape index (κ3) is 3.31. The van der Waals surface area contributed by atoms with E-state index in [1.54, 1.807) is 11.3 Å². The zero-order chi connectivity index (χ0) is 15.0. The van der Waals surface area contributed by atoms with Crippen LogP contribution in [0.5, 0.6) is 0 Å². The standard InChI is InChI=1S/C17H26N2OS/c1-17(2)9-13-15(14(20)10-17)21-16(18-13)19(3)11-12-7-5-4-6-8-12/h12H,4-11H2,1-3H3. The van der Waals surface area contributed by atoms with E-state index in [0.29, 0.717) is 6.42 Å². The number of ketones is 1. The molecule has 1 fully saturated rings. The molecular weight excluding hydrogens is 280 g/mol. The lowest BCUT2D eigenvalue weighted by Crippen LogP contribution is -2.27. The van der Waals surface area contributed by atoms with Crippen molar-refractivity contribution in [2.45, 2.75) is 58.8 Å². The van der Waals surface area contributed by atoms with Crippen LogP contribution < -0.4 is 4.90 Å². The van der Waals surface area contributed by atoms with Crippen molar-refractivity contribution in [3.8, 4) is 0 Å². The number of thiazole rings is 1. The van der Waals surface area contributed by atoms with Crippen molar-refractivity contribution in [3.05, 3.63) is 10.6 Å². The summed E-state index contributed by atoms with van der Waals surface area (Å²) >= 11 is 1.61. The maximum atomic E-state index is 12.3. The second-order valence-corrected chi connectivity index (χ2v) is 8.58. The number of nitrogens with zero attached hydrogens (tertiary/aromatic N) is 2. The molecule has 0 amide bonds. The van der Waals surface area contributed by atoms with E-state index >= 15 is 0 Å². The van der Waals surface area contributed by atoms with Gasteiger partial charge in [0.2, 0.25) is 0 Å². The van der Waals surface area contributed by atoms with E-state index in [1.807, 2.05) is 0 Å². The average Bonchev–Trinajstić information content (AvgIpc) is 2.82. The van der Waals surface area contributed by atoms with Gasteiger partial charge in [-0.2, -0.15) is 0 Å². The number of rotatable bonds is 3. The molecule has 0 aliphatic heterocycles. The molecule has 3 nitrogen and oxygen atoms in total. The van der Waals surface area contributed by atoms with E-state index in [1.165, 1.54) is 32.1 Å². The van der Waals surface area contributed by atoms with Crippen LogP contribution in [0.4, 0.5) is 5.13 Å². The van der Waals surface area contributed by atoms with Gasteiger partial charge in [0, 0.05) is 20.0 Å². The summed E-state index contributed by atoms with van der Waals surface area (Å²) in [6, 6.07) is 0. The molecule has 0 N–H and O–H groups in total. The number of Topliss-reactive ketones (excluding diaryl/α,β-unsaturated/α-hetero) is 1. The Kier molecular flexibility index (Phi) is 4.08. The molecule has 21 heavy (non-hydrogen) atoms. The lowest BCUT2D eigenvalue weighted by molar-refractivity contribution is 0.0916. The van der Waals surface area contributed by atoms with E-state index in [9.17, 15) is 4.79 Å². The van der Waals surface area contributed by atoms with Gasteiger partial charge in [0.25, 0.3) is 0 Å². The van der Waals surface area contributed by atoms with Gasteiger partial charge in [0.15, 0.2) is 10.9 Å². The van der Waals surface area contributed by atoms with E-state index < -0.39 is 0 Å². The maximum Gasteiger partial charge on any atom is 0.185 e. The fraction of sp³-hybridized carbons (Fsp3) is 0.765. The summed E-state index contributed by atoms with van der Waals surface area (Å²) in [4.78, 5) is 20.3. The highest BCUT2D eigenvalue weighted by Crippen LogP contribution is 2.39. The molecule has 3 rings (SSSR count). The molecule has 1 aromatic heterocycles. The summed E-state index contributed by atoms with van der Waals surface area (Å²) < 4.78 is 0. The Morgan fingerprint density at radius 1 is 1.24 bits per heavy atom. The lowest BCUT2D eigenvalue weighted by Gasteiger charge is -2.27. The number of carbonyl (C=O) groups is 1. The Balaban J connectivity index is 1.73. The molecule has 1 aromatic rings. The summed E-state index contributed by atoms with van der Waals surface area (Å²) in [7, 11) is 2.13. The molecule has 1 heterocycles. The molecular formula is C17H26N2OS. The quantitative estimate of drug-likeness (QED) is 0.834. The molecule has 1 saturated carbocycles. The van der Waals surface area contributed by atoms with Crippen molar-refractivity contribution in [1.82, 2.24) is 4.98 Å². The minimum absolute atomic E-state index is 0.0668. The van der Waals surface area contributed by atoms with Gasteiger partial charge in [-0.15, -0.1) is 0 Å². The van der Waals surface area contributed by atoms with Crippen molar-refractivity contribution in [1.29, 1.82) is 0 Å². The molecule has 2 aliphatic carbocycles. The van der Waals surface area contributed by atoms with Crippen LogP contribution in [0.3, 0.4) is 0 Å². The van der Waals surface area contributed by atoms with Gasteiger partial charge in [-0.3, -0.25) is 4.79 Å². The summed E-state index contributed by atoms with van der Waals surface area (Å²) in [6.07, 6.45) is 8.44. The van der Waals surface area contributed by atoms with Crippen molar-refractivity contribution in [2.24, 2.45) is 11.3 Å². The van der Waals surface area contributed by atoms with Crippen LogP contribution in [0, 0.1) is 11.3 Å². The van der Waals surface area contributed by atoms with Gasteiger partial charge < -0.3 is 4.90 Å². The largest absolute Gasteiger partial charge is 0.351 e. The molecule has 0 radical (unpaired) electrons. The first kappa shape index (κ1) is 15.0. The molecule has 0 spiro atoms. The topological polar surface area (TPSA) is 33.2 Å². The van der Waals surface area contributed by atoms with Crippen LogP contribution in [0.1, 0.15) is 67.7 Å². The summed E-state index contributed by atoms with van der Waals surface area (Å²) in [6.45, 7) is 5.42. The van der Waals surface area contributed by atoms with Crippen LogP contribution in [0.25, 0.3) is 0 Å². The smallest absolute Gasteiger partial charge is 0.185 e. The summed E-state index contributed by atoms with van der Waals surface area (Å²) in [5.74, 6) is 1.09. The Hall–Kier alpha value is -0.900. The summed E-state index contributed by atoms with van der Waals surface area (Å²) in [5.41, 5.74) is 1.10. The number of carbonyl (C=O) groups excluding carboxylic acids is 1. The fourth-order valence-corrected chi connectivity index (χ4v) is 4.70. The number of hydrogen-bond donors (Lipinski definition) is 0. The van der Waals surface area contributed by atoms with Gasteiger partial charge >= 0.3 is 0 Å². The predicted octanol–water partition coefficient (Wildman–Crippen LogP) is 4.31. The van der Waals surface area contributed by atoms with E-state index in [-0.39, 0.29) is 11.2 Å². The highest BCUT2D eigenvalue weighted by Gasteiger charge is 2.34. The van der Waals surface area contributed by atoms with Gasteiger partial charge in [-0.25, -0.2) is 4.98 Å². The molecule has 0 atom stereocenters. The van der Waals surface area contributed by atoms with Crippen molar-refractivity contribution < 1.29 is 4.79 Å². The number of hydrogen-bond acceptors (Lipinski definition) is 4. The van der Waals surface area contributed by atoms with Crippen LogP contribution in [-0.4, -0.2) is 24.4 Å². The minimum atomic E-state index is 0.0668. The van der Waals surface area contributed by atoms with Gasteiger partial charge in [-0.05, 0) is 30.6 Å². The van der Waals surface area contributed by atoms with Gasteiger partial charge in [0.1, 0.15) is 0 Å². The number of anilines is 1. The first-order valence-corrected chi connectivity index (χ1v) is 9.00. The Morgan fingerprint density at radius 3 is 2.67 bits per heavy atom. The van der Waals surface area contributed by atoms with E-state index in [0.717, 1.165) is 34.6 Å². The Morgan fingerprint density at radius 2 is 1.95 bits per heavy atom. The molecule has 116 valence electrons. The lowest BCUT2D eigenvalue weighted by atomic mass is 9.78. The van der Waals surface area contributed by atoms with Crippen molar-refractivity contribution in [3.63, 3.8) is 0 Å². The van der Waals surface area contributed by atoms with E-state index in [4.69, 9.17) is 4.98 Å². The third-order valence-electron chi connectivity index (χ3n) is 4.81. The minimum Gasteiger partial charge on any atom is -0.351 e. The second kappa shape index (κ2) is 5.71. The molecule has 0 aromatic carbocycles. The van der Waals surface area contributed by atoms with Crippen LogP contribution in [0.2, 0.25) is 0 Å². The first-order chi connectivity index (χ1) is 9.94. The highest BCUT2D eigenvalue weighted by molar-refractivity contribution is 7.17. The normalized spacial score (nSPS) is 22.1. The Bertz CT molecular complexity index is 529. The predicted molar refractivity (Wildman–Crippen MR) is 88.4 cm³/mol. The Labute approximate surface area is 131 Å². The number of aromatic nitrogens is 1. The molecule has 0 bridgehead atoms. The van der Waals surface area contributed by atoms with Crippen LogP contribution in [-0.2, 0) is 6.42 Å². The first-order valence-electron chi connectivity index (χ1n) is 8.19. The monoisotopic (exact) mass is 306 g/mol. The zero-order valence-corrected chi connectivity index (χ0v) is 14.3. The summed E-state index contributed by atoms with van der Waals surface area (Å²) in [5, 5.41) is 1.04. The third-order valence-corrected chi connectivity index (χ3v) is 6.06. The van der Waals surface area contributed by atoms with Gasteiger partial charge in [-0.1, -0.05) is 44.4 Å². The molecule has 2 aliphatic rings. The number of fused-ring (bicyclic) bond motifs is 1. The second-order valence-electron chi connectivity index (χ2n) is 7.60. The maximum absolute atomic E-state index is 12.3.